The minimum Gasteiger partial charge on any atom is -0.357 e. The van der Waals surface area contributed by atoms with Crippen LogP contribution in [0.15, 0.2) is 12.3 Å². The Morgan fingerprint density at radius 1 is 1.50 bits per heavy atom. The van der Waals surface area contributed by atoms with Gasteiger partial charge in [-0.25, -0.2) is 0 Å². The van der Waals surface area contributed by atoms with Gasteiger partial charge in [0.2, 0.25) is 0 Å². The van der Waals surface area contributed by atoms with E-state index in [1.807, 2.05) is 0 Å². The van der Waals surface area contributed by atoms with Crippen LogP contribution >= 0.6 is 0 Å². The van der Waals surface area contributed by atoms with Crippen molar-refractivity contribution in [2.75, 3.05) is 0 Å². The molecule has 12 heavy (non-hydrogen) atoms. The first kappa shape index (κ1) is 9.12. The molecule has 0 fully saturated rings. The molecule has 0 spiro atoms. The van der Waals surface area contributed by atoms with Crippen molar-refractivity contribution in [3.05, 3.63) is 23.5 Å². The summed E-state index contributed by atoms with van der Waals surface area (Å²) in [4.78, 5) is 2.12. The number of hydrogen-bond acceptors (Lipinski definition) is 1. The SMILES string of the molecule is CC(N)c1c[nH]c(C(F)(F)F)c1. The van der Waals surface area contributed by atoms with Crippen molar-refractivity contribution in [3.63, 3.8) is 0 Å². The molecule has 0 saturated carbocycles. The van der Waals surface area contributed by atoms with Gasteiger partial charge < -0.3 is 10.7 Å². The van der Waals surface area contributed by atoms with Crippen LogP contribution < -0.4 is 5.73 Å². The molecule has 0 aliphatic heterocycles. The third kappa shape index (κ3) is 1.79. The first-order chi connectivity index (χ1) is 5.41. The Labute approximate surface area is 67.6 Å². The number of alkyl halides is 3. The summed E-state index contributed by atoms with van der Waals surface area (Å²) in [6, 6.07) is 0.641. The normalized spacial score (nSPS) is 14.8. The Balaban J connectivity index is 2.92. The highest BCUT2D eigenvalue weighted by Gasteiger charge is 2.32. The van der Waals surface area contributed by atoms with Gasteiger partial charge in [0.1, 0.15) is 5.69 Å². The van der Waals surface area contributed by atoms with Crippen molar-refractivity contribution in [3.8, 4) is 0 Å². The van der Waals surface area contributed by atoms with E-state index in [1.54, 1.807) is 6.92 Å². The second kappa shape index (κ2) is 2.82. The molecule has 1 unspecified atom stereocenters. The molecular formula is C7H9F3N2. The minimum absolute atomic E-state index is 0.377. The third-order valence-corrected chi connectivity index (χ3v) is 1.54. The highest BCUT2D eigenvalue weighted by molar-refractivity contribution is 5.21. The van der Waals surface area contributed by atoms with Gasteiger partial charge in [-0.1, -0.05) is 0 Å². The van der Waals surface area contributed by atoms with Crippen LogP contribution in [0.4, 0.5) is 13.2 Å². The van der Waals surface area contributed by atoms with Gasteiger partial charge in [0.25, 0.3) is 0 Å². The zero-order chi connectivity index (χ0) is 9.35. The zero-order valence-corrected chi connectivity index (χ0v) is 6.44. The van der Waals surface area contributed by atoms with E-state index in [4.69, 9.17) is 5.73 Å². The van der Waals surface area contributed by atoms with Crippen LogP contribution in [0.25, 0.3) is 0 Å². The van der Waals surface area contributed by atoms with Crippen molar-refractivity contribution in [2.45, 2.75) is 19.1 Å². The van der Waals surface area contributed by atoms with Gasteiger partial charge in [-0.2, -0.15) is 13.2 Å². The van der Waals surface area contributed by atoms with E-state index in [-0.39, 0.29) is 6.04 Å². The molecule has 1 aromatic heterocycles. The fourth-order valence-corrected chi connectivity index (χ4v) is 0.838. The maximum absolute atomic E-state index is 12.0. The lowest BCUT2D eigenvalue weighted by Crippen LogP contribution is -2.05. The van der Waals surface area contributed by atoms with E-state index in [2.05, 4.69) is 4.98 Å². The number of hydrogen-bond donors (Lipinski definition) is 2. The molecule has 0 radical (unpaired) electrons. The van der Waals surface area contributed by atoms with E-state index in [0.29, 0.717) is 5.56 Å². The molecule has 1 aromatic rings. The van der Waals surface area contributed by atoms with Crippen molar-refractivity contribution in [2.24, 2.45) is 5.73 Å². The molecular weight excluding hydrogens is 169 g/mol. The van der Waals surface area contributed by atoms with Gasteiger partial charge in [-0.3, -0.25) is 0 Å². The molecule has 1 heterocycles. The summed E-state index contributed by atoms with van der Waals surface area (Å²) in [6.45, 7) is 1.63. The third-order valence-electron chi connectivity index (χ3n) is 1.54. The average Bonchev–Trinajstić information content (AvgIpc) is 2.30. The number of nitrogens with two attached hydrogens (primary N) is 1. The molecule has 2 nitrogen and oxygen atoms in total. The summed E-state index contributed by atoms with van der Waals surface area (Å²) in [5.41, 5.74) is 5.09. The first-order valence-corrected chi connectivity index (χ1v) is 3.42. The summed E-state index contributed by atoms with van der Waals surface area (Å²) in [5, 5.41) is 0. The maximum Gasteiger partial charge on any atom is 0.431 e. The van der Waals surface area contributed by atoms with Crippen molar-refractivity contribution >= 4 is 0 Å². The summed E-state index contributed by atoms with van der Waals surface area (Å²) in [6.07, 6.45) is -3.04. The summed E-state index contributed by atoms with van der Waals surface area (Å²) in [5.74, 6) is 0. The van der Waals surface area contributed by atoms with Crippen LogP contribution in [0.2, 0.25) is 0 Å². The molecule has 0 amide bonds. The maximum atomic E-state index is 12.0. The topological polar surface area (TPSA) is 41.8 Å². The van der Waals surface area contributed by atoms with Crippen LogP contribution in [0.3, 0.4) is 0 Å². The lowest BCUT2D eigenvalue weighted by molar-refractivity contribution is -0.140. The zero-order valence-electron chi connectivity index (χ0n) is 6.44. The van der Waals surface area contributed by atoms with Gasteiger partial charge in [-0.05, 0) is 18.6 Å². The van der Waals surface area contributed by atoms with Gasteiger partial charge >= 0.3 is 6.18 Å². The van der Waals surface area contributed by atoms with Crippen molar-refractivity contribution < 1.29 is 13.2 Å². The smallest absolute Gasteiger partial charge is 0.357 e. The lowest BCUT2D eigenvalue weighted by atomic mass is 10.2. The largest absolute Gasteiger partial charge is 0.431 e. The van der Waals surface area contributed by atoms with Crippen LogP contribution in [0.5, 0.6) is 0 Å². The molecule has 3 N–H and O–H groups in total. The van der Waals surface area contributed by atoms with E-state index >= 15 is 0 Å². The number of H-pyrrole nitrogens is 1. The molecule has 0 saturated heterocycles. The number of rotatable bonds is 1. The molecule has 1 atom stereocenters. The molecule has 0 aromatic carbocycles. The quantitative estimate of drug-likeness (QED) is 0.679. The highest BCUT2D eigenvalue weighted by Crippen LogP contribution is 2.29. The van der Waals surface area contributed by atoms with E-state index in [1.165, 1.54) is 6.20 Å². The highest BCUT2D eigenvalue weighted by atomic mass is 19.4. The fraction of sp³-hybridized carbons (Fsp3) is 0.429. The average molecular weight is 178 g/mol. The van der Waals surface area contributed by atoms with E-state index in [9.17, 15) is 13.2 Å². The molecule has 1 rings (SSSR count). The molecule has 0 aliphatic rings. The standard InChI is InChI=1S/C7H9F3N2/c1-4(11)5-2-6(12-3-5)7(8,9)10/h2-4,12H,11H2,1H3. The predicted molar refractivity (Wildman–Crippen MR) is 38.4 cm³/mol. The van der Waals surface area contributed by atoms with Gasteiger partial charge in [0.05, 0.1) is 0 Å². The summed E-state index contributed by atoms with van der Waals surface area (Å²) in [7, 11) is 0. The number of aromatic nitrogens is 1. The molecule has 0 aliphatic carbocycles. The van der Waals surface area contributed by atoms with Crippen LogP contribution in [-0.4, -0.2) is 4.98 Å². The first-order valence-electron chi connectivity index (χ1n) is 3.42. The Hall–Kier alpha value is -0.970. The fourth-order valence-electron chi connectivity index (χ4n) is 0.838. The Morgan fingerprint density at radius 2 is 2.08 bits per heavy atom. The van der Waals surface area contributed by atoms with Crippen molar-refractivity contribution in [1.29, 1.82) is 0 Å². The van der Waals surface area contributed by atoms with Gasteiger partial charge in [0, 0.05) is 12.2 Å². The second-order valence-electron chi connectivity index (χ2n) is 2.63. The Morgan fingerprint density at radius 3 is 2.33 bits per heavy atom. The van der Waals surface area contributed by atoms with Gasteiger partial charge in [-0.15, -0.1) is 0 Å². The Kier molecular flexibility index (Phi) is 2.14. The Bertz CT molecular complexity index is 262. The number of aromatic amines is 1. The molecule has 5 heteroatoms. The van der Waals surface area contributed by atoms with Crippen LogP contribution in [0.1, 0.15) is 24.2 Å². The number of nitrogens with one attached hydrogen (secondary N) is 1. The predicted octanol–water partition coefficient (Wildman–Crippen LogP) is 2.05. The minimum atomic E-state index is -4.31. The number of halogens is 3. The van der Waals surface area contributed by atoms with Gasteiger partial charge in [0.15, 0.2) is 0 Å². The van der Waals surface area contributed by atoms with Crippen LogP contribution in [-0.2, 0) is 6.18 Å². The van der Waals surface area contributed by atoms with Crippen LogP contribution in [0, 0.1) is 0 Å². The van der Waals surface area contributed by atoms with Crippen molar-refractivity contribution in [1.82, 2.24) is 4.98 Å². The molecule has 68 valence electrons. The van der Waals surface area contributed by atoms with E-state index < -0.39 is 11.9 Å². The lowest BCUT2D eigenvalue weighted by Gasteiger charge is -2.01. The second-order valence-corrected chi connectivity index (χ2v) is 2.63. The summed E-state index contributed by atoms with van der Waals surface area (Å²) < 4.78 is 36.0. The monoisotopic (exact) mass is 178 g/mol. The summed E-state index contributed by atoms with van der Waals surface area (Å²) >= 11 is 0. The molecule has 0 bridgehead atoms. The van der Waals surface area contributed by atoms with E-state index in [0.717, 1.165) is 6.07 Å².